The highest BCUT2D eigenvalue weighted by Gasteiger charge is 2.43. The molecule has 1 aliphatic rings. The van der Waals surface area contributed by atoms with Gasteiger partial charge in [-0.15, -0.1) is 0 Å². The number of nitrogens with one attached hydrogen (secondary N) is 1. The molecule has 0 saturated carbocycles. The van der Waals surface area contributed by atoms with E-state index in [1.54, 1.807) is 4.90 Å². The Balaban J connectivity index is 1.62. The number of nitrogens with zero attached hydrogens (tertiary/aromatic N) is 1. The lowest BCUT2D eigenvalue weighted by atomic mass is 9.90. The zero-order valence-electron chi connectivity index (χ0n) is 15.0. The molecule has 0 atom stereocenters. The molecule has 7 heteroatoms. The summed E-state index contributed by atoms with van der Waals surface area (Å²) in [5.74, 6) is -1.29. The molecule has 2 aromatic rings. The highest BCUT2D eigenvalue weighted by atomic mass is 16.4. The number of likely N-dealkylation sites (tertiary alicyclic amines) is 1. The van der Waals surface area contributed by atoms with Crippen molar-refractivity contribution in [3.63, 3.8) is 0 Å². The summed E-state index contributed by atoms with van der Waals surface area (Å²) in [5.41, 5.74) is 7.27. The minimum Gasteiger partial charge on any atom is -0.446 e. The third kappa shape index (κ3) is 3.33. The van der Waals surface area contributed by atoms with Crippen molar-refractivity contribution in [1.29, 1.82) is 0 Å². The summed E-state index contributed by atoms with van der Waals surface area (Å²) in [4.78, 5) is 37.6. The van der Waals surface area contributed by atoms with Crippen LogP contribution in [0.3, 0.4) is 0 Å². The van der Waals surface area contributed by atoms with Crippen molar-refractivity contribution in [2.24, 2.45) is 5.73 Å². The minimum absolute atomic E-state index is 0.0131. The van der Waals surface area contributed by atoms with E-state index in [0.717, 1.165) is 11.1 Å². The van der Waals surface area contributed by atoms with Gasteiger partial charge in [-0.25, -0.2) is 0 Å². The van der Waals surface area contributed by atoms with Gasteiger partial charge in [-0.2, -0.15) is 0 Å². The zero-order valence-corrected chi connectivity index (χ0v) is 15.0. The second-order valence-corrected chi connectivity index (χ2v) is 7.02. The molecule has 0 spiro atoms. The Morgan fingerprint density at radius 3 is 2.35 bits per heavy atom. The SMILES string of the molecule is Cc1ccc(C(=O)N2CC(C)(NC(=O)c3ccc(C(N)=O)o3)C2)c(C)c1. The van der Waals surface area contributed by atoms with Gasteiger partial charge >= 0.3 is 0 Å². The van der Waals surface area contributed by atoms with Crippen LogP contribution in [0.2, 0.25) is 0 Å². The fourth-order valence-electron chi connectivity index (χ4n) is 3.17. The van der Waals surface area contributed by atoms with Gasteiger partial charge in [0.2, 0.25) is 0 Å². The van der Waals surface area contributed by atoms with Crippen LogP contribution in [-0.4, -0.2) is 41.2 Å². The molecular weight excluding hydrogens is 334 g/mol. The molecule has 0 bridgehead atoms. The van der Waals surface area contributed by atoms with Crippen molar-refractivity contribution in [2.45, 2.75) is 26.3 Å². The Bertz CT molecular complexity index is 894. The Morgan fingerprint density at radius 2 is 1.77 bits per heavy atom. The first kappa shape index (κ1) is 17.7. The van der Waals surface area contributed by atoms with E-state index in [-0.39, 0.29) is 17.4 Å². The van der Waals surface area contributed by atoms with Gasteiger partial charge in [0.05, 0.1) is 5.54 Å². The zero-order chi connectivity index (χ0) is 19.1. The average molecular weight is 355 g/mol. The monoisotopic (exact) mass is 355 g/mol. The molecule has 0 radical (unpaired) electrons. The van der Waals surface area contributed by atoms with E-state index in [4.69, 9.17) is 10.2 Å². The predicted molar refractivity (Wildman–Crippen MR) is 94.9 cm³/mol. The molecule has 1 aliphatic heterocycles. The van der Waals surface area contributed by atoms with Crippen LogP contribution in [0.15, 0.2) is 34.7 Å². The minimum atomic E-state index is -0.732. The largest absolute Gasteiger partial charge is 0.446 e. The van der Waals surface area contributed by atoms with E-state index in [0.29, 0.717) is 18.7 Å². The molecule has 7 nitrogen and oxygen atoms in total. The number of carbonyl (C=O) groups excluding carboxylic acids is 3. The number of benzene rings is 1. The number of rotatable bonds is 4. The first-order valence-corrected chi connectivity index (χ1v) is 8.27. The van der Waals surface area contributed by atoms with Crippen LogP contribution in [0.5, 0.6) is 0 Å². The Morgan fingerprint density at radius 1 is 1.12 bits per heavy atom. The maximum Gasteiger partial charge on any atom is 0.287 e. The Hall–Kier alpha value is -3.09. The molecular formula is C19H21N3O4. The van der Waals surface area contributed by atoms with Gasteiger partial charge in [-0.3, -0.25) is 14.4 Å². The summed E-state index contributed by atoms with van der Waals surface area (Å²) in [5, 5.41) is 2.84. The molecule has 0 unspecified atom stereocenters. The normalized spacial score (nSPS) is 15.3. The van der Waals surface area contributed by atoms with Gasteiger partial charge in [0.1, 0.15) is 0 Å². The standard InChI is InChI=1S/C19H21N3O4/c1-11-4-5-13(12(2)8-11)18(25)22-9-19(3,10-22)21-17(24)15-7-6-14(26-15)16(20)23/h4-8H,9-10H2,1-3H3,(H2,20,23)(H,21,24). The molecule has 2 heterocycles. The predicted octanol–water partition coefficient (Wildman–Crippen LogP) is 1.64. The van der Waals surface area contributed by atoms with Crippen LogP contribution in [0.4, 0.5) is 0 Å². The number of amides is 3. The highest BCUT2D eigenvalue weighted by Crippen LogP contribution is 2.25. The van der Waals surface area contributed by atoms with E-state index in [2.05, 4.69) is 5.32 Å². The van der Waals surface area contributed by atoms with E-state index in [1.165, 1.54) is 12.1 Å². The van der Waals surface area contributed by atoms with Crippen molar-refractivity contribution < 1.29 is 18.8 Å². The Kier molecular flexibility index (Phi) is 4.31. The van der Waals surface area contributed by atoms with Crippen LogP contribution in [0.25, 0.3) is 0 Å². The van der Waals surface area contributed by atoms with Gasteiger partial charge < -0.3 is 20.4 Å². The van der Waals surface area contributed by atoms with Gasteiger partial charge in [-0.1, -0.05) is 17.7 Å². The third-order valence-electron chi connectivity index (χ3n) is 4.47. The first-order chi connectivity index (χ1) is 12.2. The molecule has 1 saturated heterocycles. The summed E-state index contributed by atoms with van der Waals surface area (Å²) >= 11 is 0. The maximum atomic E-state index is 12.6. The smallest absolute Gasteiger partial charge is 0.287 e. The summed E-state index contributed by atoms with van der Waals surface area (Å²) in [6, 6.07) is 8.47. The van der Waals surface area contributed by atoms with E-state index < -0.39 is 17.4 Å². The van der Waals surface area contributed by atoms with Crippen LogP contribution in [-0.2, 0) is 0 Å². The summed E-state index contributed by atoms with van der Waals surface area (Å²) in [7, 11) is 0. The number of furan rings is 1. The van der Waals surface area contributed by atoms with Crippen molar-refractivity contribution in [2.75, 3.05) is 13.1 Å². The second-order valence-electron chi connectivity index (χ2n) is 7.02. The highest BCUT2D eigenvalue weighted by molar-refractivity contribution is 5.97. The van der Waals surface area contributed by atoms with Crippen molar-refractivity contribution in [3.05, 3.63) is 58.5 Å². The van der Waals surface area contributed by atoms with Crippen molar-refractivity contribution >= 4 is 17.7 Å². The fourth-order valence-corrected chi connectivity index (χ4v) is 3.17. The van der Waals surface area contributed by atoms with Gasteiger partial charge in [-0.05, 0) is 44.5 Å². The Labute approximate surface area is 151 Å². The average Bonchev–Trinajstić information content (AvgIpc) is 3.02. The fraction of sp³-hybridized carbons (Fsp3) is 0.316. The lowest BCUT2D eigenvalue weighted by molar-refractivity contribution is 0.0324. The number of hydrogen-bond acceptors (Lipinski definition) is 4. The summed E-state index contributed by atoms with van der Waals surface area (Å²) in [6.07, 6.45) is 0. The molecule has 0 aliphatic carbocycles. The molecule has 1 aromatic heterocycles. The third-order valence-corrected chi connectivity index (χ3v) is 4.47. The lowest BCUT2D eigenvalue weighted by Crippen LogP contribution is -2.69. The van der Waals surface area contributed by atoms with E-state index in [1.807, 2.05) is 39.0 Å². The maximum absolute atomic E-state index is 12.6. The van der Waals surface area contributed by atoms with E-state index >= 15 is 0 Å². The number of nitrogens with two attached hydrogens (primary N) is 1. The topological polar surface area (TPSA) is 106 Å². The number of primary amides is 1. The molecule has 26 heavy (non-hydrogen) atoms. The van der Waals surface area contributed by atoms with E-state index in [9.17, 15) is 14.4 Å². The molecule has 3 N–H and O–H groups in total. The molecule has 1 fully saturated rings. The van der Waals surface area contributed by atoms with Gasteiger partial charge in [0.15, 0.2) is 11.5 Å². The molecule has 3 rings (SSSR count). The van der Waals surface area contributed by atoms with Crippen molar-refractivity contribution in [3.8, 4) is 0 Å². The van der Waals surface area contributed by atoms with Gasteiger partial charge in [0, 0.05) is 18.7 Å². The van der Waals surface area contributed by atoms with Crippen LogP contribution in [0.1, 0.15) is 49.5 Å². The lowest BCUT2D eigenvalue weighted by Gasteiger charge is -2.48. The summed E-state index contributed by atoms with van der Waals surface area (Å²) in [6.45, 7) is 6.54. The van der Waals surface area contributed by atoms with Gasteiger partial charge in [0.25, 0.3) is 17.7 Å². The number of hydrogen-bond donors (Lipinski definition) is 2. The second kappa shape index (κ2) is 6.33. The quantitative estimate of drug-likeness (QED) is 0.869. The molecule has 1 aromatic carbocycles. The van der Waals surface area contributed by atoms with Crippen LogP contribution in [0, 0.1) is 13.8 Å². The van der Waals surface area contributed by atoms with Crippen molar-refractivity contribution in [1.82, 2.24) is 10.2 Å². The first-order valence-electron chi connectivity index (χ1n) is 8.27. The van der Waals surface area contributed by atoms with Crippen LogP contribution >= 0.6 is 0 Å². The number of aryl methyl sites for hydroxylation is 2. The molecule has 136 valence electrons. The summed E-state index contributed by atoms with van der Waals surface area (Å²) < 4.78 is 5.12. The van der Waals surface area contributed by atoms with Crippen LogP contribution < -0.4 is 11.1 Å². The molecule has 3 amide bonds. The number of carbonyl (C=O) groups is 3.